The summed E-state index contributed by atoms with van der Waals surface area (Å²) < 4.78 is 1.17. The molecule has 20 heavy (non-hydrogen) atoms. The molecule has 0 aromatic carbocycles. The van der Waals surface area contributed by atoms with Crippen molar-refractivity contribution >= 4 is 23.2 Å². The van der Waals surface area contributed by atoms with Gasteiger partial charge in [0, 0.05) is 33.1 Å². The van der Waals surface area contributed by atoms with Crippen molar-refractivity contribution in [1.29, 1.82) is 0 Å². The number of rotatable bonds is 4. The van der Waals surface area contributed by atoms with Gasteiger partial charge in [0.05, 0.1) is 11.9 Å². The minimum absolute atomic E-state index is 0.105. The van der Waals surface area contributed by atoms with Crippen LogP contribution in [0.1, 0.15) is 25.7 Å². The summed E-state index contributed by atoms with van der Waals surface area (Å²) in [6.07, 6.45) is 5.27. The van der Waals surface area contributed by atoms with Crippen LogP contribution in [0.4, 0.5) is 5.69 Å². The van der Waals surface area contributed by atoms with E-state index in [-0.39, 0.29) is 16.5 Å². The van der Waals surface area contributed by atoms with E-state index in [1.165, 1.54) is 24.3 Å². The number of anilines is 1. The zero-order chi connectivity index (χ0) is 14.5. The van der Waals surface area contributed by atoms with Crippen LogP contribution in [0.25, 0.3) is 0 Å². The van der Waals surface area contributed by atoms with Crippen LogP contribution >= 0.6 is 11.6 Å². The van der Waals surface area contributed by atoms with Crippen molar-refractivity contribution in [2.75, 3.05) is 25.0 Å². The summed E-state index contributed by atoms with van der Waals surface area (Å²) in [5, 5.41) is 6.99. The predicted molar refractivity (Wildman–Crippen MR) is 78.0 cm³/mol. The summed E-state index contributed by atoms with van der Waals surface area (Å²) in [6.45, 7) is 2.16. The molecule has 0 bridgehead atoms. The Labute approximate surface area is 122 Å². The topological polar surface area (TPSA) is 67.2 Å². The first-order chi connectivity index (χ1) is 9.59. The highest BCUT2D eigenvalue weighted by molar-refractivity contribution is 6.32. The molecule has 1 aromatic heterocycles. The minimum atomic E-state index is -0.348. The Hall–Kier alpha value is -1.56. The van der Waals surface area contributed by atoms with Crippen LogP contribution in [0.2, 0.25) is 5.02 Å². The number of aryl methyl sites for hydroxylation is 1. The number of halogens is 1. The molecule has 1 N–H and O–H groups in total. The van der Waals surface area contributed by atoms with E-state index in [9.17, 15) is 9.59 Å². The average Bonchev–Trinajstić information content (AvgIpc) is 2.48. The van der Waals surface area contributed by atoms with Crippen LogP contribution in [0.5, 0.6) is 0 Å². The monoisotopic (exact) mass is 298 g/mol. The second-order valence-corrected chi connectivity index (χ2v) is 5.30. The molecular weight excluding hydrogens is 280 g/mol. The SMILES string of the molecule is Cn1ncc(NCCC(=O)N2CCCCC2)c(Cl)c1=O. The van der Waals surface area contributed by atoms with Crippen LogP contribution in [0, 0.1) is 0 Å². The molecule has 1 amide bonds. The molecule has 2 rings (SSSR count). The lowest BCUT2D eigenvalue weighted by Gasteiger charge is -2.26. The standard InChI is InChI=1S/C13H19ClN4O2/c1-17-13(20)12(14)10(9-16-17)15-6-5-11(19)18-7-3-2-4-8-18/h9,15H,2-8H2,1H3. The van der Waals surface area contributed by atoms with Crippen LogP contribution in [-0.2, 0) is 11.8 Å². The van der Waals surface area contributed by atoms with Crippen LogP contribution < -0.4 is 10.9 Å². The lowest BCUT2D eigenvalue weighted by molar-refractivity contribution is -0.131. The van der Waals surface area contributed by atoms with Gasteiger partial charge in [-0.25, -0.2) is 4.68 Å². The van der Waals surface area contributed by atoms with E-state index in [0.717, 1.165) is 25.9 Å². The first-order valence-corrected chi connectivity index (χ1v) is 7.21. The Balaban J connectivity index is 1.85. The maximum absolute atomic E-state index is 12.0. The van der Waals surface area contributed by atoms with Crippen molar-refractivity contribution in [3.63, 3.8) is 0 Å². The third-order valence-corrected chi connectivity index (χ3v) is 3.81. The molecule has 1 fully saturated rings. The smallest absolute Gasteiger partial charge is 0.287 e. The fraction of sp³-hybridized carbons (Fsp3) is 0.615. The Morgan fingerprint density at radius 3 is 2.80 bits per heavy atom. The first kappa shape index (κ1) is 14.8. The third kappa shape index (κ3) is 3.50. The zero-order valence-electron chi connectivity index (χ0n) is 11.6. The van der Waals surface area contributed by atoms with Gasteiger partial charge >= 0.3 is 0 Å². The fourth-order valence-corrected chi connectivity index (χ4v) is 2.48. The highest BCUT2D eigenvalue weighted by Gasteiger charge is 2.16. The molecular formula is C13H19ClN4O2. The summed E-state index contributed by atoms with van der Waals surface area (Å²) in [6, 6.07) is 0. The highest BCUT2D eigenvalue weighted by atomic mass is 35.5. The molecule has 2 heterocycles. The van der Waals surface area contributed by atoms with Gasteiger partial charge in [-0.2, -0.15) is 5.10 Å². The van der Waals surface area contributed by atoms with E-state index < -0.39 is 0 Å². The number of likely N-dealkylation sites (tertiary alicyclic amines) is 1. The molecule has 0 saturated carbocycles. The van der Waals surface area contributed by atoms with Gasteiger partial charge in [-0.1, -0.05) is 11.6 Å². The van der Waals surface area contributed by atoms with E-state index in [2.05, 4.69) is 10.4 Å². The molecule has 6 nitrogen and oxygen atoms in total. The van der Waals surface area contributed by atoms with E-state index in [1.807, 2.05) is 4.90 Å². The van der Waals surface area contributed by atoms with Crippen LogP contribution in [-0.4, -0.2) is 40.2 Å². The molecule has 0 radical (unpaired) electrons. The molecule has 1 aromatic rings. The maximum Gasteiger partial charge on any atom is 0.287 e. The van der Waals surface area contributed by atoms with Crippen molar-refractivity contribution in [2.45, 2.75) is 25.7 Å². The number of carbonyl (C=O) groups is 1. The minimum Gasteiger partial charge on any atom is -0.382 e. The first-order valence-electron chi connectivity index (χ1n) is 6.83. The van der Waals surface area contributed by atoms with Gasteiger partial charge in [-0.3, -0.25) is 9.59 Å². The number of amides is 1. The van der Waals surface area contributed by atoms with Gasteiger partial charge in [-0.05, 0) is 19.3 Å². The summed E-state index contributed by atoms with van der Waals surface area (Å²) in [4.78, 5) is 25.5. The van der Waals surface area contributed by atoms with Gasteiger partial charge in [0.15, 0.2) is 0 Å². The van der Waals surface area contributed by atoms with Gasteiger partial charge in [0.2, 0.25) is 5.91 Å². The van der Waals surface area contributed by atoms with Crippen molar-refractivity contribution in [1.82, 2.24) is 14.7 Å². The highest BCUT2D eigenvalue weighted by Crippen LogP contribution is 2.15. The summed E-state index contributed by atoms with van der Waals surface area (Å²) >= 11 is 5.93. The molecule has 1 saturated heterocycles. The Bertz CT molecular complexity index is 538. The van der Waals surface area contributed by atoms with Crippen molar-refractivity contribution in [3.05, 3.63) is 21.6 Å². The molecule has 1 aliphatic heterocycles. The molecule has 0 unspecified atom stereocenters. The molecule has 7 heteroatoms. The molecule has 110 valence electrons. The Morgan fingerprint density at radius 1 is 1.40 bits per heavy atom. The summed E-state index contributed by atoms with van der Waals surface area (Å²) in [7, 11) is 1.54. The molecule has 0 atom stereocenters. The predicted octanol–water partition coefficient (Wildman–Crippen LogP) is 1.25. The average molecular weight is 299 g/mol. The molecule has 0 aliphatic carbocycles. The van der Waals surface area contributed by atoms with Crippen molar-refractivity contribution in [3.8, 4) is 0 Å². The third-order valence-electron chi connectivity index (χ3n) is 3.44. The molecule has 0 spiro atoms. The van der Waals surface area contributed by atoms with Crippen LogP contribution in [0.3, 0.4) is 0 Å². The van der Waals surface area contributed by atoms with Gasteiger partial charge < -0.3 is 10.2 Å². The number of aromatic nitrogens is 2. The largest absolute Gasteiger partial charge is 0.382 e. The van der Waals surface area contributed by atoms with Gasteiger partial charge in [-0.15, -0.1) is 0 Å². The number of carbonyl (C=O) groups excluding carboxylic acids is 1. The second kappa shape index (κ2) is 6.74. The second-order valence-electron chi connectivity index (χ2n) is 4.92. The lowest BCUT2D eigenvalue weighted by Crippen LogP contribution is -2.36. The lowest BCUT2D eigenvalue weighted by atomic mass is 10.1. The van der Waals surface area contributed by atoms with E-state index in [0.29, 0.717) is 18.7 Å². The van der Waals surface area contributed by atoms with Crippen molar-refractivity contribution in [2.24, 2.45) is 7.05 Å². The number of hydrogen-bond donors (Lipinski definition) is 1. The Kier molecular flexibility index (Phi) is 5.00. The van der Waals surface area contributed by atoms with E-state index >= 15 is 0 Å². The summed E-state index contributed by atoms with van der Waals surface area (Å²) in [5.74, 6) is 0.144. The van der Waals surface area contributed by atoms with E-state index in [1.54, 1.807) is 0 Å². The zero-order valence-corrected chi connectivity index (χ0v) is 12.3. The quantitative estimate of drug-likeness (QED) is 0.908. The van der Waals surface area contributed by atoms with Gasteiger partial charge in [0.1, 0.15) is 5.02 Å². The van der Waals surface area contributed by atoms with Crippen molar-refractivity contribution < 1.29 is 4.79 Å². The Morgan fingerprint density at radius 2 is 2.10 bits per heavy atom. The van der Waals surface area contributed by atoms with E-state index in [4.69, 9.17) is 11.6 Å². The number of hydrogen-bond acceptors (Lipinski definition) is 4. The van der Waals surface area contributed by atoms with Gasteiger partial charge in [0.25, 0.3) is 5.56 Å². The van der Waals surface area contributed by atoms with Crippen LogP contribution in [0.15, 0.2) is 11.0 Å². The number of piperidine rings is 1. The summed E-state index contributed by atoms with van der Waals surface area (Å²) in [5.41, 5.74) is 0.125. The maximum atomic E-state index is 12.0. The number of nitrogens with zero attached hydrogens (tertiary/aromatic N) is 3. The fourth-order valence-electron chi connectivity index (χ4n) is 2.24. The number of nitrogens with one attached hydrogen (secondary N) is 1. The molecule has 1 aliphatic rings. The normalized spacial score (nSPS) is 15.2.